The van der Waals surface area contributed by atoms with E-state index in [9.17, 15) is 14.9 Å². The molecule has 112 valence electrons. The molecule has 0 heterocycles. The number of nitrogens with one attached hydrogen (secondary N) is 2. The first-order valence-electron chi connectivity index (χ1n) is 7.05. The second-order valence-corrected chi connectivity index (χ2v) is 5.24. The van der Waals surface area contributed by atoms with Gasteiger partial charge in [-0.1, -0.05) is 18.2 Å². The first kappa shape index (κ1) is 14.1. The maximum atomic E-state index is 12.0. The highest BCUT2D eigenvalue weighted by atomic mass is 16.6. The first-order valence-corrected chi connectivity index (χ1v) is 7.05. The largest absolute Gasteiger partial charge is 0.323 e. The molecule has 0 atom stereocenters. The van der Waals surface area contributed by atoms with Crippen molar-refractivity contribution in [3.05, 3.63) is 64.2 Å². The summed E-state index contributed by atoms with van der Waals surface area (Å²) in [6, 6.07) is 13.1. The molecule has 2 amide bonds. The van der Waals surface area contributed by atoms with Crippen LogP contribution in [0.2, 0.25) is 0 Å². The van der Waals surface area contributed by atoms with Crippen LogP contribution in [0.25, 0.3) is 0 Å². The summed E-state index contributed by atoms with van der Waals surface area (Å²) in [5, 5.41) is 16.1. The zero-order valence-corrected chi connectivity index (χ0v) is 11.8. The average molecular weight is 297 g/mol. The molecule has 0 aliphatic heterocycles. The third-order valence-corrected chi connectivity index (χ3v) is 3.56. The number of nitrogens with zero attached hydrogens (tertiary/aromatic N) is 1. The van der Waals surface area contributed by atoms with E-state index < -0.39 is 4.92 Å². The predicted octanol–water partition coefficient (Wildman–Crippen LogP) is 4.12. The number of anilines is 2. The van der Waals surface area contributed by atoms with Gasteiger partial charge in [-0.25, -0.2) is 4.79 Å². The van der Waals surface area contributed by atoms with Gasteiger partial charge in [0.05, 0.1) is 4.92 Å². The molecule has 2 aromatic rings. The Kier molecular flexibility index (Phi) is 3.74. The van der Waals surface area contributed by atoms with Crippen LogP contribution in [0.3, 0.4) is 0 Å². The minimum absolute atomic E-state index is 0.00922. The Morgan fingerprint density at radius 3 is 2.36 bits per heavy atom. The van der Waals surface area contributed by atoms with Gasteiger partial charge < -0.3 is 10.6 Å². The number of benzene rings is 2. The lowest BCUT2D eigenvalue weighted by Crippen LogP contribution is -2.20. The fourth-order valence-corrected chi connectivity index (χ4v) is 2.31. The molecule has 6 heteroatoms. The lowest BCUT2D eigenvalue weighted by molar-refractivity contribution is -0.384. The van der Waals surface area contributed by atoms with Crippen LogP contribution in [-0.2, 0) is 0 Å². The van der Waals surface area contributed by atoms with Crippen LogP contribution in [0.15, 0.2) is 48.5 Å². The molecule has 6 nitrogen and oxygen atoms in total. The maximum Gasteiger partial charge on any atom is 0.323 e. The fourth-order valence-electron chi connectivity index (χ4n) is 2.31. The van der Waals surface area contributed by atoms with Gasteiger partial charge in [0.25, 0.3) is 5.69 Å². The van der Waals surface area contributed by atoms with Gasteiger partial charge in [0.15, 0.2) is 0 Å². The summed E-state index contributed by atoms with van der Waals surface area (Å²) >= 11 is 0. The van der Waals surface area contributed by atoms with Crippen LogP contribution < -0.4 is 10.6 Å². The molecule has 1 aliphatic carbocycles. The van der Waals surface area contributed by atoms with Crippen molar-refractivity contribution < 1.29 is 9.72 Å². The van der Waals surface area contributed by atoms with Crippen LogP contribution in [0.1, 0.15) is 24.3 Å². The molecule has 1 saturated carbocycles. The molecule has 0 aromatic heterocycles. The number of nitro groups is 1. The predicted molar refractivity (Wildman–Crippen MR) is 84.2 cm³/mol. The number of hydrogen-bond donors (Lipinski definition) is 2. The van der Waals surface area contributed by atoms with Crippen molar-refractivity contribution >= 4 is 23.1 Å². The summed E-state index contributed by atoms with van der Waals surface area (Å²) in [7, 11) is 0. The number of amides is 2. The molecule has 0 radical (unpaired) electrons. The van der Waals surface area contributed by atoms with Gasteiger partial charge in [-0.15, -0.1) is 0 Å². The fraction of sp³-hybridized carbons (Fsp3) is 0.188. The number of para-hydroxylation sites is 1. The van der Waals surface area contributed by atoms with Crippen molar-refractivity contribution in [3.63, 3.8) is 0 Å². The Morgan fingerprint density at radius 2 is 1.73 bits per heavy atom. The summed E-state index contributed by atoms with van der Waals surface area (Å²) in [5.74, 6) is 0.538. The number of urea groups is 1. The molecule has 0 unspecified atom stereocenters. The van der Waals surface area contributed by atoms with E-state index in [0.717, 1.165) is 24.1 Å². The van der Waals surface area contributed by atoms with Crippen LogP contribution in [0, 0.1) is 10.1 Å². The first-order chi connectivity index (χ1) is 10.6. The normalized spacial score (nSPS) is 13.5. The second kappa shape index (κ2) is 5.85. The lowest BCUT2D eigenvalue weighted by atomic mass is 10.1. The Bertz CT molecular complexity index is 709. The van der Waals surface area contributed by atoms with Crippen LogP contribution in [0.4, 0.5) is 21.9 Å². The van der Waals surface area contributed by atoms with Gasteiger partial charge in [0, 0.05) is 23.5 Å². The molecule has 1 aliphatic rings. The van der Waals surface area contributed by atoms with E-state index in [1.54, 1.807) is 0 Å². The minimum Gasteiger partial charge on any atom is -0.308 e. The number of carbonyl (C=O) groups is 1. The van der Waals surface area contributed by atoms with E-state index in [1.807, 2.05) is 24.3 Å². The van der Waals surface area contributed by atoms with Gasteiger partial charge in [-0.05, 0) is 42.5 Å². The highest BCUT2D eigenvalue weighted by molar-refractivity contribution is 6.00. The van der Waals surface area contributed by atoms with Crippen molar-refractivity contribution in [1.82, 2.24) is 0 Å². The van der Waals surface area contributed by atoms with Crippen molar-refractivity contribution in [2.45, 2.75) is 18.8 Å². The maximum absolute atomic E-state index is 12.0. The number of non-ortho nitro benzene ring substituents is 1. The highest BCUT2D eigenvalue weighted by Crippen LogP contribution is 2.43. The lowest BCUT2D eigenvalue weighted by Gasteiger charge is -2.11. The van der Waals surface area contributed by atoms with Gasteiger partial charge in [0.2, 0.25) is 0 Å². The number of hydrogen-bond acceptors (Lipinski definition) is 3. The quantitative estimate of drug-likeness (QED) is 0.657. The van der Waals surface area contributed by atoms with Crippen LogP contribution in [0.5, 0.6) is 0 Å². The van der Waals surface area contributed by atoms with E-state index in [1.165, 1.54) is 24.3 Å². The highest BCUT2D eigenvalue weighted by Gasteiger charge is 2.26. The van der Waals surface area contributed by atoms with E-state index in [-0.39, 0.29) is 11.7 Å². The Morgan fingerprint density at radius 1 is 1.05 bits per heavy atom. The minimum atomic E-state index is -0.476. The second-order valence-electron chi connectivity index (χ2n) is 5.24. The zero-order valence-electron chi connectivity index (χ0n) is 11.8. The van der Waals surface area contributed by atoms with E-state index >= 15 is 0 Å². The molecule has 22 heavy (non-hydrogen) atoms. The number of nitro benzene ring substituents is 1. The third kappa shape index (κ3) is 3.22. The summed E-state index contributed by atoms with van der Waals surface area (Å²) in [6.07, 6.45) is 2.31. The molecular weight excluding hydrogens is 282 g/mol. The molecule has 0 spiro atoms. The van der Waals surface area contributed by atoms with Crippen LogP contribution in [-0.4, -0.2) is 11.0 Å². The van der Waals surface area contributed by atoms with Crippen molar-refractivity contribution in [1.29, 1.82) is 0 Å². The Labute approximate surface area is 127 Å². The van der Waals surface area contributed by atoms with Gasteiger partial charge in [-0.3, -0.25) is 10.1 Å². The SMILES string of the molecule is O=C(Nc1ccc([N+](=O)[O-])cc1)Nc1ccccc1C1CC1. The molecule has 3 rings (SSSR count). The van der Waals surface area contributed by atoms with Gasteiger partial charge in [-0.2, -0.15) is 0 Å². The average Bonchev–Trinajstić information content (AvgIpc) is 3.33. The number of rotatable bonds is 4. The van der Waals surface area contributed by atoms with E-state index in [0.29, 0.717) is 11.6 Å². The summed E-state index contributed by atoms with van der Waals surface area (Å²) in [4.78, 5) is 22.2. The van der Waals surface area contributed by atoms with Gasteiger partial charge >= 0.3 is 6.03 Å². The molecule has 1 fully saturated rings. The summed E-state index contributed by atoms with van der Waals surface area (Å²) < 4.78 is 0. The van der Waals surface area contributed by atoms with E-state index in [2.05, 4.69) is 10.6 Å². The van der Waals surface area contributed by atoms with Crippen molar-refractivity contribution in [2.24, 2.45) is 0 Å². The van der Waals surface area contributed by atoms with Crippen LogP contribution >= 0.6 is 0 Å². The third-order valence-electron chi connectivity index (χ3n) is 3.56. The topological polar surface area (TPSA) is 84.3 Å². The molecular formula is C16H15N3O3. The number of carbonyl (C=O) groups excluding carboxylic acids is 1. The molecule has 0 bridgehead atoms. The zero-order chi connectivity index (χ0) is 15.5. The van der Waals surface area contributed by atoms with Crippen molar-refractivity contribution in [3.8, 4) is 0 Å². The smallest absolute Gasteiger partial charge is 0.308 e. The monoisotopic (exact) mass is 297 g/mol. The molecule has 2 aromatic carbocycles. The Hall–Kier alpha value is -2.89. The molecule has 2 N–H and O–H groups in total. The van der Waals surface area contributed by atoms with Gasteiger partial charge in [0.1, 0.15) is 0 Å². The molecule has 0 saturated heterocycles. The standard InChI is InChI=1S/C16H15N3O3/c20-16(17-12-7-9-13(10-8-12)19(21)22)18-15-4-2-1-3-14(15)11-5-6-11/h1-4,7-11H,5-6H2,(H2,17,18,20). The summed E-state index contributed by atoms with van der Waals surface area (Å²) in [5.41, 5.74) is 2.46. The van der Waals surface area contributed by atoms with Crippen molar-refractivity contribution in [2.75, 3.05) is 10.6 Å². The van der Waals surface area contributed by atoms with E-state index in [4.69, 9.17) is 0 Å². The summed E-state index contributed by atoms with van der Waals surface area (Å²) in [6.45, 7) is 0. The Balaban J connectivity index is 1.66.